The van der Waals surface area contributed by atoms with Crippen molar-refractivity contribution < 1.29 is 9.53 Å². The average molecular weight is 923 g/mol. The van der Waals surface area contributed by atoms with E-state index >= 15 is 0 Å². The first-order valence-corrected chi connectivity index (χ1v) is 26.4. The van der Waals surface area contributed by atoms with Gasteiger partial charge in [-0.15, -0.1) is 0 Å². The molecule has 4 aliphatic rings. The zero-order valence-electron chi connectivity index (χ0n) is 46.1. The summed E-state index contributed by atoms with van der Waals surface area (Å²) in [5, 5.41) is 7.69. The highest BCUT2D eigenvalue weighted by Crippen LogP contribution is 2.40. The molecular formula is C54H102N10O2. The lowest BCUT2D eigenvalue weighted by atomic mass is 9.76. The molecule has 1 amide bonds. The number of nitrogens with zero attached hydrogens (tertiary/aromatic N) is 8. The van der Waals surface area contributed by atoms with Gasteiger partial charge in [0, 0.05) is 83.1 Å². The molecule has 5 rings (SSSR count). The van der Waals surface area contributed by atoms with Crippen molar-refractivity contribution in [1.82, 2.24) is 40.3 Å². The summed E-state index contributed by atoms with van der Waals surface area (Å²) < 4.78 is 5.59. The number of likely N-dealkylation sites (tertiary alicyclic amines) is 1. The van der Waals surface area contributed by atoms with E-state index in [1.807, 2.05) is 26.8 Å². The Morgan fingerprint density at radius 3 is 1.68 bits per heavy atom. The van der Waals surface area contributed by atoms with Crippen molar-refractivity contribution in [2.24, 2.45) is 0 Å². The van der Waals surface area contributed by atoms with Crippen LogP contribution in [0.4, 0.5) is 11.9 Å². The van der Waals surface area contributed by atoms with Gasteiger partial charge in [-0.1, -0.05) is 45.1 Å². The molecule has 12 nitrogen and oxygen atoms in total. The minimum absolute atomic E-state index is 0.0577. The van der Waals surface area contributed by atoms with Gasteiger partial charge in [0.05, 0.1) is 13.2 Å². The van der Waals surface area contributed by atoms with Crippen LogP contribution >= 0.6 is 0 Å². The number of hydrogen-bond acceptors (Lipinski definition) is 11. The molecule has 0 radical (unpaired) electrons. The van der Waals surface area contributed by atoms with Gasteiger partial charge in [0.1, 0.15) is 5.82 Å². The summed E-state index contributed by atoms with van der Waals surface area (Å²) in [6.07, 6.45) is 18.3. The number of allylic oxidation sites excluding steroid dienone is 1. The molecule has 380 valence electrons. The number of aryl methyl sites for hydroxylation is 1. The molecular weight excluding hydrogens is 821 g/mol. The molecule has 0 saturated carbocycles. The maximum atomic E-state index is 13.0. The van der Waals surface area contributed by atoms with E-state index in [1.54, 1.807) is 0 Å². The fourth-order valence-electron chi connectivity index (χ4n) is 12.2. The Morgan fingerprint density at radius 2 is 1.17 bits per heavy atom. The number of morpholine rings is 1. The smallest absolute Gasteiger partial charge is 0.249 e. The van der Waals surface area contributed by atoms with Crippen LogP contribution in [0.5, 0.6) is 0 Å². The van der Waals surface area contributed by atoms with Crippen molar-refractivity contribution in [1.29, 1.82) is 0 Å². The van der Waals surface area contributed by atoms with Gasteiger partial charge in [-0.25, -0.2) is 0 Å². The largest absolute Gasteiger partial charge is 0.378 e. The predicted octanol–water partition coefficient (Wildman–Crippen LogP) is 9.95. The molecule has 0 aliphatic carbocycles. The van der Waals surface area contributed by atoms with E-state index in [9.17, 15) is 4.79 Å². The number of piperidine rings is 3. The first kappa shape index (κ1) is 56.2. The molecule has 12 heteroatoms. The van der Waals surface area contributed by atoms with Gasteiger partial charge in [-0.2, -0.15) is 15.0 Å². The standard InChI is InChI=1S/C33H62N8O.C21H40N2O/c1-25-34-28(40-17-19-42-20-18-40)36-29(35-25)41(27-23-32(6,7)38-33(8,9)24-27)16-14-12-11-13-15-39(10)26-21-30(2,3)37-31(4,5)22-26;1-9-11-12-13-14-23(19(24)17(3)10-2)18-15-20(4,5)22(8)21(6,7)16-18/h26-27,37-38H,11-24H2,1-10H3;10,18H,9,11-16H2,1-8H3. The molecule has 0 bridgehead atoms. The highest BCUT2D eigenvalue weighted by Gasteiger charge is 2.46. The zero-order valence-corrected chi connectivity index (χ0v) is 46.1. The topological polar surface area (TPSA) is 105 Å². The summed E-state index contributed by atoms with van der Waals surface area (Å²) in [7, 11) is 4.56. The summed E-state index contributed by atoms with van der Waals surface area (Å²) in [6.45, 7) is 42.3. The van der Waals surface area contributed by atoms with Crippen LogP contribution in [0, 0.1) is 6.92 Å². The molecule has 0 atom stereocenters. The first-order chi connectivity index (χ1) is 30.6. The Balaban J connectivity index is 0.000000338. The van der Waals surface area contributed by atoms with Gasteiger partial charge in [0.25, 0.3) is 0 Å². The molecule has 0 aromatic carbocycles. The molecule has 1 aromatic heterocycles. The Labute approximate surface area is 405 Å². The van der Waals surface area contributed by atoms with Crippen LogP contribution in [-0.4, -0.2) is 147 Å². The van der Waals surface area contributed by atoms with Crippen LogP contribution in [0.2, 0.25) is 0 Å². The Bertz CT molecular complexity index is 1650. The number of rotatable bonds is 18. The number of unbranched alkanes of at least 4 members (excludes halogenated alkanes) is 6. The van der Waals surface area contributed by atoms with E-state index in [2.05, 4.69) is 139 Å². The third kappa shape index (κ3) is 16.6. The van der Waals surface area contributed by atoms with Crippen LogP contribution < -0.4 is 20.4 Å². The SMILES string of the molecule is CC=C(C)C(=O)N(CCCCCC)C1CC(C)(C)N(C)C(C)(C)C1.Cc1nc(N2CCOCC2)nc(N(CCCCCCN(C)C2CC(C)(C)NC(C)(C)C2)C2CC(C)(C)NC(C)(C)C2)n1. The normalized spacial score (nSPS) is 23.3. The molecule has 0 unspecified atom stereocenters. The number of anilines is 2. The summed E-state index contributed by atoms with van der Waals surface area (Å²) in [6, 6.07) is 1.36. The van der Waals surface area contributed by atoms with Gasteiger partial charge < -0.3 is 35.0 Å². The number of carbonyl (C=O) groups is 1. The van der Waals surface area contributed by atoms with Crippen LogP contribution in [0.1, 0.15) is 200 Å². The van der Waals surface area contributed by atoms with Crippen molar-refractivity contribution >= 4 is 17.8 Å². The molecule has 0 spiro atoms. The lowest BCUT2D eigenvalue weighted by molar-refractivity contribution is -0.134. The Hall–Kier alpha value is -2.38. The highest BCUT2D eigenvalue weighted by atomic mass is 16.5. The molecule has 66 heavy (non-hydrogen) atoms. The molecule has 5 heterocycles. The minimum Gasteiger partial charge on any atom is -0.378 e. The lowest BCUT2D eigenvalue weighted by Gasteiger charge is -2.55. The molecule has 2 N–H and O–H groups in total. The maximum absolute atomic E-state index is 13.0. The summed E-state index contributed by atoms with van der Waals surface area (Å²) in [5.41, 5.74) is 1.59. The Morgan fingerprint density at radius 1 is 0.682 bits per heavy atom. The number of amides is 1. The van der Waals surface area contributed by atoms with Gasteiger partial charge >= 0.3 is 0 Å². The van der Waals surface area contributed by atoms with E-state index in [1.165, 1.54) is 57.9 Å². The highest BCUT2D eigenvalue weighted by molar-refractivity contribution is 5.93. The van der Waals surface area contributed by atoms with Crippen molar-refractivity contribution in [2.45, 2.75) is 252 Å². The number of nitrogens with one attached hydrogen (secondary N) is 2. The monoisotopic (exact) mass is 923 g/mol. The molecule has 4 fully saturated rings. The zero-order chi connectivity index (χ0) is 49.3. The molecule has 1 aromatic rings. The summed E-state index contributed by atoms with van der Waals surface area (Å²) >= 11 is 0. The first-order valence-electron chi connectivity index (χ1n) is 26.4. The second-order valence-electron chi connectivity index (χ2n) is 24.9. The minimum atomic E-state index is 0.0577. The number of aromatic nitrogens is 3. The van der Waals surface area contributed by atoms with Crippen molar-refractivity contribution in [3.63, 3.8) is 0 Å². The fraction of sp³-hybridized carbons (Fsp3) is 0.889. The summed E-state index contributed by atoms with van der Waals surface area (Å²) in [4.78, 5) is 39.8. The van der Waals surface area contributed by atoms with Crippen LogP contribution in [-0.2, 0) is 9.53 Å². The fourth-order valence-corrected chi connectivity index (χ4v) is 12.2. The van der Waals surface area contributed by atoms with Crippen molar-refractivity contribution in [3.8, 4) is 0 Å². The van der Waals surface area contributed by atoms with Crippen LogP contribution in [0.25, 0.3) is 0 Å². The van der Waals surface area contributed by atoms with Crippen molar-refractivity contribution in [3.05, 3.63) is 17.5 Å². The van der Waals surface area contributed by atoms with Crippen LogP contribution in [0.15, 0.2) is 11.6 Å². The summed E-state index contributed by atoms with van der Waals surface area (Å²) in [5.74, 6) is 2.67. The van der Waals surface area contributed by atoms with E-state index in [4.69, 9.17) is 19.7 Å². The number of carbonyl (C=O) groups excluding carboxylic acids is 1. The third-order valence-electron chi connectivity index (χ3n) is 15.3. The third-order valence-corrected chi connectivity index (χ3v) is 15.3. The van der Waals surface area contributed by atoms with E-state index in [0.717, 1.165) is 101 Å². The quantitative estimate of drug-likeness (QED) is 0.109. The predicted molar refractivity (Wildman–Crippen MR) is 279 cm³/mol. The van der Waals surface area contributed by atoms with E-state index in [-0.39, 0.29) is 39.1 Å². The maximum Gasteiger partial charge on any atom is 0.249 e. The second kappa shape index (κ2) is 23.5. The molecule has 4 aliphatic heterocycles. The van der Waals surface area contributed by atoms with Gasteiger partial charge in [0.2, 0.25) is 17.8 Å². The average Bonchev–Trinajstić information content (AvgIpc) is 3.19. The van der Waals surface area contributed by atoms with E-state index < -0.39 is 0 Å². The second-order valence-corrected chi connectivity index (χ2v) is 24.9. The lowest BCUT2D eigenvalue weighted by Crippen LogP contribution is -2.63. The number of ether oxygens (including phenoxy) is 1. The van der Waals surface area contributed by atoms with Gasteiger partial charge in [-0.3, -0.25) is 9.69 Å². The van der Waals surface area contributed by atoms with Crippen LogP contribution in [0.3, 0.4) is 0 Å². The van der Waals surface area contributed by atoms with Gasteiger partial charge in [0.15, 0.2) is 0 Å². The molecule has 4 saturated heterocycles. The van der Waals surface area contributed by atoms with Crippen molar-refractivity contribution in [2.75, 3.05) is 69.8 Å². The van der Waals surface area contributed by atoms with Gasteiger partial charge in [-0.05, 0) is 182 Å². The van der Waals surface area contributed by atoms with E-state index in [0.29, 0.717) is 18.1 Å². The number of hydrogen-bond donors (Lipinski definition) is 2. The Kier molecular flexibility index (Phi) is 20.0.